The van der Waals surface area contributed by atoms with Crippen molar-refractivity contribution >= 4 is 39.2 Å². The molecule has 1 heterocycles. The largest absolute Gasteiger partial charge is 0.497 e. The van der Waals surface area contributed by atoms with Gasteiger partial charge >= 0.3 is 0 Å². The molecular formula is C24H21ClN4O4S. The molecular weight excluding hydrogens is 476 g/mol. The van der Waals surface area contributed by atoms with Gasteiger partial charge in [0.15, 0.2) is 0 Å². The van der Waals surface area contributed by atoms with Gasteiger partial charge in [0.05, 0.1) is 28.9 Å². The summed E-state index contributed by atoms with van der Waals surface area (Å²) in [5, 5.41) is 3.53. The molecule has 34 heavy (non-hydrogen) atoms. The zero-order valence-electron chi connectivity index (χ0n) is 18.3. The number of sulfonamides is 1. The average molecular weight is 497 g/mol. The van der Waals surface area contributed by atoms with Gasteiger partial charge < -0.3 is 4.74 Å². The van der Waals surface area contributed by atoms with Crippen LogP contribution in [-0.2, 0) is 10.0 Å². The van der Waals surface area contributed by atoms with E-state index < -0.39 is 10.0 Å². The maximum absolute atomic E-state index is 12.8. The topological polar surface area (TPSA) is 106 Å². The molecule has 4 aromatic rings. The molecule has 2 N–H and O–H groups in total. The number of nitrogens with zero attached hydrogens (tertiary/aromatic N) is 2. The summed E-state index contributed by atoms with van der Waals surface area (Å²) in [7, 11) is -2.24. The summed E-state index contributed by atoms with van der Waals surface area (Å²) in [4.78, 5) is 17.2. The summed E-state index contributed by atoms with van der Waals surface area (Å²) in [5.41, 5.74) is 2.28. The molecule has 0 fully saturated rings. The minimum Gasteiger partial charge on any atom is -0.497 e. The van der Waals surface area contributed by atoms with Gasteiger partial charge in [0.1, 0.15) is 5.75 Å². The van der Waals surface area contributed by atoms with Crippen LogP contribution in [0, 0.1) is 6.92 Å². The Labute approximate surface area is 201 Å². The molecule has 0 atom stereocenters. The number of methoxy groups -OCH3 is 1. The number of aryl methyl sites for hydroxylation is 1. The second-order valence-corrected chi connectivity index (χ2v) is 9.48. The van der Waals surface area contributed by atoms with E-state index in [2.05, 4.69) is 14.8 Å². The smallest absolute Gasteiger partial charge is 0.280 e. The molecule has 0 unspecified atom stereocenters. The van der Waals surface area contributed by atoms with Crippen molar-refractivity contribution in [3.63, 3.8) is 0 Å². The predicted octanol–water partition coefficient (Wildman–Crippen LogP) is 4.69. The third-order valence-electron chi connectivity index (χ3n) is 5.02. The van der Waals surface area contributed by atoms with Gasteiger partial charge in [0, 0.05) is 22.6 Å². The predicted molar refractivity (Wildman–Crippen MR) is 134 cm³/mol. The summed E-state index contributed by atoms with van der Waals surface area (Å²) >= 11 is 6.03. The highest BCUT2D eigenvalue weighted by Crippen LogP contribution is 2.21. The van der Waals surface area contributed by atoms with Crippen molar-refractivity contribution in [2.75, 3.05) is 11.8 Å². The number of hydrogen-bond acceptors (Lipinski definition) is 5. The first-order valence-corrected chi connectivity index (χ1v) is 12.0. The normalized spacial score (nSPS) is 11.6. The first-order chi connectivity index (χ1) is 16.3. The lowest BCUT2D eigenvalue weighted by Crippen LogP contribution is -2.17. The van der Waals surface area contributed by atoms with Gasteiger partial charge in [-0.2, -0.15) is 0 Å². The molecule has 4 rings (SSSR count). The van der Waals surface area contributed by atoms with E-state index >= 15 is 0 Å². The van der Waals surface area contributed by atoms with Gasteiger partial charge in [0.25, 0.3) is 15.6 Å². The van der Waals surface area contributed by atoms with Crippen LogP contribution in [0.5, 0.6) is 5.75 Å². The molecule has 0 amide bonds. The Kier molecular flexibility index (Phi) is 6.58. The second-order valence-electron chi connectivity index (χ2n) is 7.36. The number of aromatic amines is 1. The van der Waals surface area contributed by atoms with Crippen LogP contribution in [0.2, 0.25) is 5.02 Å². The lowest BCUT2D eigenvalue weighted by Gasteiger charge is -2.09. The first kappa shape index (κ1) is 23.3. The zero-order chi connectivity index (χ0) is 24.3. The Bertz CT molecular complexity index is 1510. The highest BCUT2D eigenvalue weighted by Gasteiger charge is 2.14. The lowest BCUT2D eigenvalue weighted by atomic mass is 10.2. The van der Waals surface area contributed by atoms with Gasteiger partial charge in [0.2, 0.25) is 0 Å². The number of halogens is 1. The third kappa shape index (κ3) is 5.05. The van der Waals surface area contributed by atoms with Gasteiger partial charge in [-0.15, -0.1) is 0 Å². The molecule has 0 spiro atoms. The van der Waals surface area contributed by atoms with Crippen molar-refractivity contribution in [2.45, 2.75) is 11.8 Å². The molecule has 0 aliphatic carbocycles. The van der Waals surface area contributed by atoms with Crippen molar-refractivity contribution < 1.29 is 13.2 Å². The summed E-state index contributed by atoms with van der Waals surface area (Å²) < 4.78 is 34.3. The van der Waals surface area contributed by atoms with Crippen LogP contribution in [0.25, 0.3) is 5.69 Å². The molecule has 0 aliphatic heterocycles. The SMILES string of the molecule is COc1ccc(NS(=O)(=O)c2ccc(N=Cc3c(C)[nH]n(-c4cccc(Cl)c4)c3=O)cc2)cc1. The molecule has 0 bridgehead atoms. The highest BCUT2D eigenvalue weighted by atomic mass is 35.5. The van der Waals surface area contributed by atoms with Crippen LogP contribution in [0.15, 0.2) is 87.5 Å². The standard InChI is InChI=1S/C24H21ClN4O4S/c1-16-23(24(30)29(27-16)20-5-3-4-17(25)14-20)15-26-18-8-12-22(13-9-18)34(31,32)28-19-6-10-21(33-2)11-7-19/h3-15,27-28H,1-2H3. The number of ether oxygens (including phenoxy) is 1. The van der Waals surface area contributed by atoms with Crippen LogP contribution >= 0.6 is 11.6 Å². The fourth-order valence-corrected chi connectivity index (χ4v) is 4.48. The van der Waals surface area contributed by atoms with Crippen LogP contribution in [0.4, 0.5) is 11.4 Å². The van der Waals surface area contributed by atoms with E-state index in [0.717, 1.165) is 0 Å². The molecule has 1 aromatic heterocycles. The van der Waals surface area contributed by atoms with Crippen LogP contribution in [0.3, 0.4) is 0 Å². The molecule has 174 valence electrons. The minimum absolute atomic E-state index is 0.0865. The summed E-state index contributed by atoms with van der Waals surface area (Å²) in [5.74, 6) is 0.627. The van der Waals surface area contributed by atoms with Crippen molar-refractivity contribution in [3.8, 4) is 11.4 Å². The quantitative estimate of drug-likeness (QED) is 0.362. The highest BCUT2D eigenvalue weighted by molar-refractivity contribution is 7.92. The van der Waals surface area contributed by atoms with Gasteiger partial charge in [-0.3, -0.25) is 19.6 Å². The maximum atomic E-state index is 12.8. The molecule has 0 saturated heterocycles. The van der Waals surface area contributed by atoms with E-state index in [1.165, 1.54) is 30.1 Å². The van der Waals surface area contributed by atoms with E-state index in [-0.39, 0.29) is 10.5 Å². The Morgan fingerprint density at radius 1 is 1.06 bits per heavy atom. The number of H-pyrrole nitrogens is 1. The fraction of sp³-hybridized carbons (Fsp3) is 0.0833. The van der Waals surface area contributed by atoms with Gasteiger partial charge in [-0.05, 0) is 73.7 Å². The number of rotatable bonds is 7. The molecule has 0 saturated carbocycles. The monoisotopic (exact) mass is 496 g/mol. The lowest BCUT2D eigenvalue weighted by molar-refractivity contribution is 0.415. The Morgan fingerprint density at radius 3 is 2.41 bits per heavy atom. The zero-order valence-corrected chi connectivity index (χ0v) is 19.9. The number of aliphatic imine (C=N–C) groups is 1. The summed E-state index contributed by atoms with van der Waals surface area (Å²) in [6, 6.07) is 19.5. The molecule has 0 aliphatic rings. The first-order valence-electron chi connectivity index (χ1n) is 10.2. The minimum atomic E-state index is -3.77. The van der Waals surface area contributed by atoms with E-state index in [9.17, 15) is 13.2 Å². The Morgan fingerprint density at radius 2 is 1.76 bits per heavy atom. The van der Waals surface area contributed by atoms with Crippen molar-refractivity contribution in [1.82, 2.24) is 9.78 Å². The summed E-state index contributed by atoms with van der Waals surface area (Å²) in [6.45, 7) is 1.77. The fourth-order valence-electron chi connectivity index (χ4n) is 3.23. The van der Waals surface area contributed by atoms with Crippen LogP contribution < -0.4 is 15.0 Å². The maximum Gasteiger partial charge on any atom is 0.280 e. The van der Waals surface area contributed by atoms with E-state index in [1.54, 1.807) is 67.6 Å². The molecule has 3 aromatic carbocycles. The average Bonchev–Trinajstić information content (AvgIpc) is 3.11. The van der Waals surface area contributed by atoms with Crippen molar-refractivity contribution in [1.29, 1.82) is 0 Å². The number of hydrogen-bond donors (Lipinski definition) is 2. The number of aromatic nitrogens is 2. The number of nitrogens with one attached hydrogen (secondary N) is 2. The third-order valence-corrected chi connectivity index (χ3v) is 6.65. The number of benzene rings is 3. The van der Waals surface area contributed by atoms with Gasteiger partial charge in [-0.1, -0.05) is 17.7 Å². The van der Waals surface area contributed by atoms with Gasteiger partial charge in [-0.25, -0.2) is 13.1 Å². The summed E-state index contributed by atoms with van der Waals surface area (Å²) in [6.07, 6.45) is 1.45. The number of anilines is 1. The Hall–Kier alpha value is -3.82. The van der Waals surface area contributed by atoms with E-state index in [4.69, 9.17) is 16.3 Å². The molecule has 0 radical (unpaired) electrons. The van der Waals surface area contributed by atoms with E-state index in [1.807, 2.05) is 0 Å². The van der Waals surface area contributed by atoms with Crippen molar-refractivity contribution in [2.24, 2.45) is 4.99 Å². The Balaban J connectivity index is 1.52. The van der Waals surface area contributed by atoms with Crippen LogP contribution in [-0.4, -0.2) is 31.5 Å². The second kappa shape index (κ2) is 9.58. The van der Waals surface area contributed by atoms with E-state index in [0.29, 0.717) is 39.1 Å². The molecule has 10 heteroatoms. The molecule has 8 nitrogen and oxygen atoms in total. The van der Waals surface area contributed by atoms with Crippen molar-refractivity contribution in [3.05, 3.63) is 99.4 Å². The van der Waals surface area contributed by atoms with Crippen LogP contribution in [0.1, 0.15) is 11.3 Å².